The van der Waals surface area contributed by atoms with Crippen LogP contribution in [0.2, 0.25) is 0 Å². The number of carbonyl (C=O) groups excluding carboxylic acids is 2. The van der Waals surface area contributed by atoms with E-state index in [0.717, 1.165) is 31.4 Å². The van der Waals surface area contributed by atoms with Crippen LogP contribution in [0.25, 0.3) is 0 Å². The topological polar surface area (TPSA) is 102 Å². The zero-order chi connectivity index (χ0) is 22.7. The summed E-state index contributed by atoms with van der Waals surface area (Å²) >= 11 is 0. The molecule has 4 rings (SSSR count). The van der Waals surface area contributed by atoms with E-state index in [9.17, 15) is 24.2 Å². The third-order valence-corrected chi connectivity index (χ3v) is 6.86. The molecule has 4 atom stereocenters. The molecule has 2 saturated heterocycles. The molecule has 3 fully saturated rings. The molecule has 176 valence electrons. The number of hydrogen-bond donors (Lipinski definition) is 3. The fourth-order valence-electron chi connectivity index (χ4n) is 4.86. The summed E-state index contributed by atoms with van der Waals surface area (Å²) < 4.78 is 18.9. The molecule has 0 bridgehead atoms. The number of nitrogens with zero attached hydrogens (tertiary/aromatic N) is 2. The summed E-state index contributed by atoms with van der Waals surface area (Å²) in [5, 5.41) is 23.5. The molecular weight excluding hydrogens is 417 g/mol. The minimum atomic E-state index is -1.17. The summed E-state index contributed by atoms with van der Waals surface area (Å²) in [5.74, 6) is -0.442. The summed E-state index contributed by atoms with van der Waals surface area (Å²) in [5.41, 5.74) is 0.915. The first-order valence-corrected chi connectivity index (χ1v) is 11.5. The van der Waals surface area contributed by atoms with Crippen molar-refractivity contribution in [1.82, 2.24) is 10.2 Å². The number of piperazine rings is 1. The van der Waals surface area contributed by atoms with Gasteiger partial charge in [0.15, 0.2) is 0 Å². The number of carbonyl (C=O) groups is 2. The molecule has 1 saturated carbocycles. The van der Waals surface area contributed by atoms with Crippen LogP contribution >= 0.6 is 0 Å². The molecule has 9 heteroatoms. The van der Waals surface area contributed by atoms with E-state index in [-0.39, 0.29) is 36.5 Å². The zero-order valence-electron chi connectivity index (χ0n) is 18.2. The van der Waals surface area contributed by atoms with Crippen molar-refractivity contribution in [3.8, 4) is 0 Å². The van der Waals surface area contributed by atoms with Crippen LogP contribution in [0, 0.1) is 11.7 Å². The largest absolute Gasteiger partial charge is 0.388 e. The maximum atomic E-state index is 13.1. The lowest BCUT2D eigenvalue weighted by atomic mass is 10.0. The van der Waals surface area contributed by atoms with Crippen LogP contribution in [0.15, 0.2) is 24.3 Å². The van der Waals surface area contributed by atoms with Crippen LogP contribution in [-0.2, 0) is 14.3 Å². The number of aliphatic hydroxyl groups is 2. The number of nitrogens with one attached hydrogen (secondary N) is 1. The van der Waals surface area contributed by atoms with Gasteiger partial charge >= 0.3 is 0 Å². The van der Waals surface area contributed by atoms with Gasteiger partial charge in [-0.05, 0) is 37.1 Å². The molecule has 3 aliphatic rings. The van der Waals surface area contributed by atoms with Crippen molar-refractivity contribution in [1.29, 1.82) is 0 Å². The van der Waals surface area contributed by atoms with E-state index in [1.54, 1.807) is 17.0 Å². The predicted molar refractivity (Wildman–Crippen MR) is 115 cm³/mol. The fraction of sp³-hybridized carbons (Fsp3) is 0.652. The highest BCUT2D eigenvalue weighted by molar-refractivity contribution is 5.79. The van der Waals surface area contributed by atoms with E-state index >= 15 is 0 Å². The highest BCUT2D eigenvalue weighted by atomic mass is 19.1. The molecule has 8 nitrogen and oxygen atoms in total. The van der Waals surface area contributed by atoms with E-state index < -0.39 is 24.4 Å². The van der Waals surface area contributed by atoms with Crippen LogP contribution in [0.1, 0.15) is 32.1 Å². The highest BCUT2D eigenvalue weighted by Crippen LogP contribution is 2.27. The maximum absolute atomic E-state index is 13.1. The smallest absolute Gasteiger partial charge is 0.225 e. The molecule has 0 radical (unpaired) electrons. The van der Waals surface area contributed by atoms with Gasteiger partial charge in [0, 0.05) is 44.3 Å². The van der Waals surface area contributed by atoms with Crippen molar-refractivity contribution >= 4 is 17.5 Å². The van der Waals surface area contributed by atoms with Crippen LogP contribution in [0.5, 0.6) is 0 Å². The Morgan fingerprint density at radius 2 is 1.62 bits per heavy atom. The second-order valence-electron chi connectivity index (χ2n) is 8.97. The Labute approximate surface area is 187 Å². The van der Waals surface area contributed by atoms with E-state index in [2.05, 4.69) is 10.2 Å². The average molecular weight is 450 g/mol. The van der Waals surface area contributed by atoms with Crippen molar-refractivity contribution in [3.63, 3.8) is 0 Å². The van der Waals surface area contributed by atoms with Crippen molar-refractivity contribution in [2.24, 2.45) is 5.92 Å². The van der Waals surface area contributed by atoms with Gasteiger partial charge in [0.2, 0.25) is 11.8 Å². The molecule has 2 aliphatic heterocycles. The number of amides is 2. The minimum absolute atomic E-state index is 0.0180. The van der Waals surface area contributed by atoms with Gasteiger partial charge in [0.05, 0.1) is 12.5 Å². The number of halogens is 1. The normalized spacial score (nSPS) is 28.8. The maximum Gasteiger partial charge on any atom is 0.225 e. The highest BCUT2D eigenvalue weighted by Gasteiger charge is 2.44. The average Bonchev–Trinajstić information content (AvgIpc) is 3.43. The Morgan fingerprint density at radius 1 is 1.00 bits per heavy atom. The second-order valence-corrected chi connectivity index (χ2v) is 8.97. The Kier molecular flexibility index (Phi) is 7.27. The van der Waals surface area contributed by atoms with Crippen LogP contribution in [0.3, 0.4) is 0 Å². The first kappa shape index (κ1) is 22.9. The van der Waals surface area contributed by atoms with E-state index in [1.165, 1.54) is 12.1 Å². The van der Waals surface area contributed by atoms with Crippen LogP contribution in [0.4, 0.5) is 10.1 Å². The van der Waals surface area contributed by atoms with E-state index in [1.807, 2.05) is 0 Å². The number of rotatable bonds is 6. The summed E-state index contributed by atoms with van der Waals surface area (Å²) in [6.45, 7) is 2.41. The molecule has 2 amide bonds. The van der Waals surface area contributed by atoms with Gasteiger partial charge in [0.25, 0.3) is 0 Å². The molecule has 0 spiro atoms. The molecular formula is C23H32FN3O5. The lowest BCUT2D eigenvalue weighted by Gasteiger charge is -2.36. The molecule has 1 aliphatic carbocycles. The van der Waals surface area contributed by atoms with Crippen molar-refractivity contribution in [2.75, 3.05) is 37.6 Å². The summed E-state index contributed by atoms with van der Waals surface area (Å²) in [6, 6.07) is 6.29. The quantitative estimate of drug-likeness (QED) is 0.590. The number of ether oxygens (including phenoxy) is 1. The van der Waals surface area contributed by atoms with Crippen molar-refractivity contribution in [3.05, 3.63) is 30.1 Å². The number of aliphatic hydroxyl groups excluding tert-OH is 2. The Bertz CT molecular complexity index is 793. The molecule has 3 N–H and O–H groups in total. The lowest BCUT2D eigenvalue weighted by molar-refractivity contribution is -0.136. The van der Waals surface area contributed by atoms with Gasteiger partial charge in [-0.1, -0.05) is 12.8 Å². The van der Waals surface area contributed by atoms with Crippen molar-refractivity contribution in [2.45, 2.75) is 56.5 Å². The minimum Gasteiger partial charge on any atom is -0.388 e. The first-order valence-electron chi connectivity index (χ1n) is 11.5. The van der Waals surface area contributed by atoms with Gasteiger partial charge in [-0.15, -0.1) is 0 Å². The van der Waals surface area contributed by atoms with Gasteiger partial charge in [-0.2, -0.15) is 0 Å². The fourth-order valence-corrected chi connectivity index (χ4v) is 4.86. The van der Waals surface area contributed by atoms with E-state index in [0.29, 0.717) is 26.2 Å². The van der Waals surface area contributed by atoms with E-state index in [4.69, 9.17) is 4.74 Å². The van der Waals surface area contributed by atoms with Crippen molar-refractivity contribution < 1.29 is 28.9 Å². The van der Waals surface area contributed by atoms with Gasteiger partial charge < -0.3 is 30.1 Å². The molecule has 0 aromatic heterocycles. The predicted octanol–water partition coefficient (Wildman–Crippen LogP) is 0.660. The number of benzene rings is 1. The number of anilines is 1. The lowest BCUT2D eigenvalue weighted by Crippen LogP contribution is -2.49. The van der Waals surface area contributed by atoms with Gasteiger partial charge in [0.1, 0.15) is 24.1 Å². The second kappa shape index (κ2) is 10.1. The third kappa shape index (κ3) is 5.22. The molecule has 1 aromatic carbocycles. The zero-order valence-corrected chi connectivity index (χ0v) is 18.2. The summed E-state index contributed by atoms with van der Waals surface area (Å²) in [4.78, 5) is 28.8. The summed E-state index contributed by atoms with van der Waals surface area (Å²) in [6.07, 6.45) is -0.00253. The molecule has 4 unspecified atom stereocenters. The van der Waals surface area contributed by atoms with Crippen LogP contribution < -0.4 is 10.2 Å². The molecule has 2 heterocycles. The first-order chi connectivity index (χ1) is 15.4. The molecule has 32 heavy (non-hydrogen) atoms. The number of hydrogen-bond acceptors (Lipinski definition) is 6. The van der Waals surface area contributed by atoms with Gasteiger partial charge in [-0.25, -0.2) is 4.39 Å². The molecule has 1 aromatic rings. The monoisotopic (exact) mass is 449 g/mol. The Morgan fingerprint density at radius 3 is 2.28 bits per heavy atom. The van der Waals surface area contributed by atoms with Crippen LogP contribution in [-0.4, -0.2) is 84.1 Å². The standard InChI is InChI=1S/C23H32FN3O5/c24-16-5-7-17(8-6-16)26-9-11-27(12-10-26)20(28)13-18-21(29)22(30)19(32-18)14-25-23(31)15-3-1-2-4-15/h5-8,15,18-19,21-22,29-30H,1-4,9-14H2,(H,25,31). The SMILES string of the molecule is O=C(NCC1OC(CC(=O)N2CCN(c3ccc(F)cc3)CC2)C(O)C1O)C1CCCC1. The summed E-state index contributed by atoms with van der Waals surface area (Å²) in [7, 11) is 0. The Balaban J connectivity index is 1.23. The Hall–Kier alpha value is -2.23. The third-order valence-electron chi connectivity index (χ3n) is 6.86. The van der Waals surface area contributed by atoms with Gasteiger partial charge in [-0.3, -0.25) is 9.59 Å².